The number of halogens is 1. The van der Waals surface area contributed by atoms with Crippen LogP contribution in [0.3, 0.4) is 0 Å². The lowest BCUT2D eigenvalue weighted by atomic mass is 10.1. The molecular weight excluding hydrogens is 358 g/mol. The van der Waals surface area contributed by atoms with Gasteiger partial charge in [0.2, 0.25) is 5.95 Å². The topological polar surface area (TPSA) is 72.7 Å². The van der Waals surface area contributed by atoms with Crippen molar-refractivity contribution in [1.82, 2.24) is 19.5 Å². The number of carbonyl (C=O) groups excluding carboxylic acids is 1. The predicted octanol–water partition coefficient (Wildman–Crippen LogP) is 3.29. The minimum atomic E-state index is -0.299. The van der Waals surface area contributed by atoms with Gasteiger partial charge in [-0.1, -0.05) is 17.7 Å². The van der Waals surface area contributed by atoms with Gasteiger partial charge in [0.05, 0.1) is 4.47 Å². The fourth-order valence-corrected chi connectivity index (χ4v) is 2.53. The van der Waals surface area contributed by atoms with E-state index in [9.17, 15) is 4.79 Å². The molecule has 2 aromatic heterocycles. The van der Waals surface area contributed by atoms with E-state index >= 15 is 0 Å². The third-order valence-electron chi connectivity index (χ3n) is 3.31. The van der Waals surface area contributed by atoms with Crippen LogP contribution < -0.4 is 5.32 Å². The summed E-state index contributed by atoms with van der Waals surface area (Å²) < 4.78 is 2.17. The van der Waals surface area contributed by atoms with Crippen molar-refractivity contribution in [3.05, 3.63) is 64.4 Å². The number of anilines is 1. The zero-order valence-electron chi connectivity index (χ0n) is 12.6. The fourth-order valence-electron chi connectivity index (χ4n) is 2.15. The van der Waals surface area contributed by atoms with Crippen LogP contribution in [0, 0.1) is 13.8 Å². The molecule has 0 fully saturated rings. The second-order valence-electron chi connectivity index (χ2n) is 5.11. The van der Waals surface area contributed by atoms with Gasteiger partial charge in [0.1, 0.15) is 12.0 Å². The molecule has 0 atom stereocenters. The largest absolute Gasteiger partial charge is 0.320 e. The van der Waals surface area contributed by atoms with Gasteiger partial charge in [-0.25, -0.2) is 15.0 Å². The van der Waals surface area contributed by atoms with Crippen molar-refractivity contribution in [3.63, 3.8) is 0 Å². The van der Waals surface area contributed by atoms with Crippen molar-refractivity contribution in [2.75, 3.05) is 5.32 Å². The molecule has 23 heavy (non-hydrogen) atoms. The number of nitrogens with one attached hydrogen (secondary N) is 1. The zero-order chi connectivity index (χ0) is 16.4. The van der Waals surface area contributed by atoms with Crippen molar-refractivity contribution in [1.29, 1.82) is 0 Å². The Morgan fingerprint density at radius 2 is 2.13 bits per heavy atom. The zero-order valence-corrected chi connectivity index (χ0v) is 14.2. The highest BCUT2D eigenvalue weighted by atomic mass is 79.9. The Balaban J connectivity index is 1.91. The Morgan fingerprint density at radius 1 is 1.30 bits per heavy atom. The Kier molecular flexibility index (Phi) is 4.20. The van der Waals surface area contributed by atoms with Crippen LogP contribution in [0.2, 0.25) is 0 Å². The Bertz CT molecular complexity index is 861. The number of carbonyl (C=O) groups is 1. The molecule has 0 saturated heterocycles. The number of nitrogens with zero attached hydrogens (tertiary/aromatic N) is 4. The van der Waals surface area contributed by atoms with E-state index in [1.54, 1.807) is 29.5 Å². The summed E-state index contributed by atoms with van der Waals surface area (Å²) in [6.07, 6.45) is 6.48. The number of rotatable bonds is 3. The van der Waals surface area contributed by atoms with E-state index in [1.165, 1.54) is 0 Å². The first-order valence-electron chi connectivity index (χ1n) is 6.94. The number of aryl methyl sites for hydroxylation is 2. The Morgan fingerprint density at radius 3 is 2.83 bits per heavy atom. The predicted molar refractivity (Wildman–Crippen MR) is 90.7 cm³/mol. The molecule has 116 valence electrons. The van der Waals surface area contributed by atoms with Crippen LogP contribution in [0.5, 0.6) is 0 Å². The highest BCUT2D eigenvalue weighted by Crippen LogP contribution is 2.20. The highest BCUT2D eigenvalue weighted by Gasteiger charge is 2.15. The van der Waals surface area contributed by atoms with Gasteiger partial charge in [0, 0.05) is 24.3 Å². The molecule has 3 aromatic rings. The first-order valence-corrected chi connectivity index (χ1v) is 7.73. The number of imidazole rings is 1. The van der Waals surface area contributed by atoms with E-state index in [0.717, 1.165) is 16.8 Å². The summed E-state index contributed by atoms with van der Waals surface area (Å²) in [4.78, 5) is 25.0. The summed E-state index contributed by atoms with van der Waals surface area (Å²) >= 11 is 3.33. The van der Waals surface area contributed by atoms with Crippen molar-refractivity contribution in [2.45, 2.75) is 13.8 Å². The lowest BCUT2D eigenvalue weighted by Gasteiger charge is -2.10. The molecule has 0 aliphatic heterocycles. The SMILES string of the molecule is Cc1ccc(NC(=O)c2nc(-n3ccnc3)ncc2Br)c(C)c1. The molecule has 0 saturated carbocycles. The quantitative estimate of drug-likeness (QED) is 0.766. The second kappa shape index (κ2) is 6.29. The molecule has 3 rings (SSSR count). The first-order chi connectivity index (χ1) is 11.0. The summed E-state index contributed by atoms with van der Waals surface area (Å²) in [6.45, 7) is 3.96. The molecule has 1 amide bonds. The molecule has 0 spiro atoms. The molecule has 2 heterocycles. The first kappa shape index (κ1) is 15.4. The van der Waals surface area contributed by atoms with E-state index in [4.69, 9.17) is 0 Å². The van der Waals surface area contributed by atoms with Gasteiger partial charge < -0.3 is 5.32 Å². The molecule has 0 aliphatic rings. The molecule has 0 unspecified atom stereocenters. The van der Waals surface area contributed by atoms with Crippen LogP contribution in [0.4, 0.5) is 5.69 Å². The van der Waals surface area contributed by atoms with Crippen LogP contribution >= 0.6 is 15.9 Å². The number of benzene rings is 1. The van der Waals surface area contributed by atoms with E-state index in [2.05, 4.69) is 36.2 Å². The molecule has 0 aliphatic carbocycles. The van der Waals surface area contributed by atoms with Crippen LogP contribution in [0.25, 0.3) is 5.95 Å². The number of hydrogen-bond acceptors (Lipinski definition) is 4. The van der Waals surface area contributed by atoms with Crippen LogP contribution in [0.15, 0.2) is 47.6 Å². The maximum atomic E-state index is 12.5. The van der Waals surface area contributed by atoms with Gasteiger partial charge in [-0.2, -0.15) is 0 Å². The monoisotopic (exact) mass is 371 g/mol. The second-order valence-corrected chi connectivity index (χ2v) is 5.96. The summed E-state index contributed by atoms with van der Waals surface area (Å²) in [6, 6.07) is 5.85. The van der Waals surface area contributed by atoms with Crippen molar-refractivity contribution in [3.8, 4) is 5.95 Å². The van der Waals surface area contributed by atoms with E-state index < -0.39 is 0 Å². The van der Waals surface area contributed by atoms with Crippen molar-refractivity contribution < 1.29 is 4.79 Å². The van der Waals surface area contributed by atoms with Crippen LogP contribution in [0.1, 0.15) is 21.6 Å². The molecule has 7 heteroatoms. The number of hydrogen-bond donors (Lipinski definition) is 1. The maximum Gasteiger partial charge on any atom is 0.275 e. The van der Waals surface area contributed by atoms with Gasteiger partial charge in [-0.3, -0.25) is 9.36 Å². The average Bonchev–Trinajstić information content (AvgIpc) is 3.05. The minimum absolute atomic E-state index is 0.267. The molecule has 0 bridgehead atoms. The summed E-state index contributed by atoms with van der Waals surface area (Å²) in [5, 5.41) is 2.88. The molecule has 6 nitrogen and oxygen atoms in total. The Hall–Kier alpha value is -2.54. The fraction of sp³-hybridized carbons (Fsp3) is 0.125. The maximum absolute atomic E-state index is 12.5. The molecule has 1 N–H and O–H groups in total. The third kappa shape index (κ3) is 3.29. The van der Waals surface area contributed by atoms with Crippen molar-refractivity contribution >= 4 is 27.5 Å². The van der Waals surface area contributed by atoms with Gasteiger partial charge in [-0.05, 0) is 41.4 Å². The van der Waals surface area contributed by atoms with E-state index in [-0.39, 0.29) is 11.6 Å². The number of amides is 1. The van der Waals surface area contributed by atoms with Gasteiger partial charge >= 0.3 is 0 Å². The minimum Gasteiger partial charge on any atom is -0.320 e. The summed E-state index contributed by atoms with van der Waals surface area (Å²) in [5.74, 6) is 0.0871. The lowest BCUT2D eigenvalue weighted by molar-refractivity contribution is 0.102. The normalized spacial score (nSPS) is 10.6. The average molecular weight is 372 g/mol. The van der Waals surface area contributed by atoms with E-state index in [1.807, 2.05) is 32.0 Å². The van der Waals surface area contributed by atoms with Crippen LogP contribution in [-0.2, 0) is 0 Å². The molecule has 1 aromatic carbocycles. The van der Waals surface area contributed by atoms with Gasteiger partial charge in [0.15, 0.2) is 0 Å². The smallest absolute Gasteiger partial charge is 0.275 e. The lowest BCUT2D eigenvalue weighted by Crippen LogP contribution is -2.17. The van der Waals surface area contributed by atoms with Gasteiger partial charge in [0.25, 0.3) is 5.91 Å². The van der Waals surface area contributed by atoms with E-state index in [0.29, 0.717) is 10.4 Å². The Labute approximate surface area is 141 Å². The molecular formula is C16H14BrN5O. The third-order valence-corrected chi connectivity index (χ3v) is 3.89. The number of aromatic nitrogens is 4. The molecule has 0 radical (unpaired) electrons. The van der Waals surface area contributed by atoms with Crippen LogP contribution in [-0.4, -0.2) is 25.4 Å². The van der Waals surface area contributed by atoms with Crippen molar-refractivity contribution in [2.24, 2.45) is 0 Å². The highest BCUT2D eigenvalue weighted by molar-refractivity contribution is 9.10. The summed E-state index contributed by atoms with van der Waals surface area (Å²) in [5.41, 5.74) is 3.17. The van der Waals surface area contributed by atoms with Gasteiger partial charge in [-0.15, -0.1) is 0 Å². The summed E-state index contributed by atoms with van der Waals surface area (Å²) in [7, 11) is 0. The standard InChI is InChI=1S/C16H14BrN5O/c1-10-3-4-13(11(2)7-10)20-15(23)14-12(17)8-19-16(21-14)22-6-5-18-9-22/h3-9H,1-2H3,(H,20,23).